The van der Waals surface area contributed by atoms with Gasteiger partial charge in [-0.1, -0.05) is 41.5 Å². The van der Waals surface area contributed by atoms with E-state index >= 15 is 0 Å². The molecule has 3 unspecified atom stereocenters. The maximum atomic E-state index is 9.88. The Morgan fingerprint density at radius 3 is 0.727 bits per heavy atom. The van der Waals surface area contributed by atoms with Crippen molar-refractivity contribution in [3.8, 4) is 0 Å². The Bertz CT molecular complexity index is 264. The minimum atomic E-state index is -2.43. The topological polar surface area (TPSA) is 120 Å². The maximum Gasteiger partial charge on any atom is 3.00 e. The molecule has 0 N–H and O–H groups in total. The summed E-state index contributed by atoms with van der Waals surface area (Å²) in [7, 11) is -7.30. The van der Waals surface area contributed by atoms with Gasteiger partial charge >= 0.3 is 17.4 Å². The van der Waals surface area contributed by atoms with Crippen molar-refractivity contribution in [3.63, 3.8) is 0 Å². The van der Waals surface area contributed by atoms with Gasteiger partial charge in [-0.15, -0.1) is 0 Å². The van der Waals surface area contributed by atoms with E-state index in [2.05, 4.69) is 0 Å². The van der Waals surface area contributed by atoms with Crippen LogP contribution in [0, 0.1) is 17.8 Å². The van der Waals surface area contributed by atoms with Crippen LogP contribution in [0.4, 0.5) is 0 Å². The van der Waals surface area contributed by atoms with Gasteiger partial charge in [0.2, 0.25) is 0 Å². The molecule has 10 heteroatoms. The molecule has 0 rings (SSSR count). The first-order valence-electron chi connectivity index (χ1n) is 6.97. The van der Waals surface area contributed by atoms with Gasteiger partial charge in [0.1, 0.15) is 0 Å². The molecule has 0 aliphatic rings. The summed E-state index contributed by atoms with van der Waals surface area (Å²) >= 11 is 0. The molecule has 132 valence electrons. The predicted octanol–water partition coefficient (Wildman–Crippen LogP) is 1.05. The summed E-state index contributed by atoms with van der Waals surface area (Å²) in [6.45, 7) is 11.3. The molecule has 0 aromatic heterocycles. The second kappa shape index (κ2) is 20.1. The Labute approximate surface area is 147 Å². The van der Waals surface area contributed by atoms with Gasteiger partial charge in [0, 0.05) is 24.1 Å². The molecule has 0 amide bonds. The van der Waals surface area contributed by atoms with E-state index < -0.39 is 24.1 Å². The molecule has 0 saturated carbocycles. The van der Waals surface area contributed by atoms with Crippen LogP contribution in [0.15, 0.2) is 0 Å². The summed E-state index contributed by atoms with van der Waals surface area (Å²) in [5.74, 6) is 0.886. The van der Waals surface area contributed by atoms with Crippen LogP contribution in [-0.2, 0) is 13.7 Å². The number of hydrogen-bond donors (Lipinski definition) is 0. The maximum absolute atomic E-state index is 9.88. The van der Waals surface area contributed by atoms with Crippen LogP contribution in [0.2, 0.25) is 0 Å². The molecular formula is C12H30AlO6P3. The van der Waals surface area contributed by atoms with Gasteiger partial charge in [-0.05, 0) is 36.2 Å². The molecule has 0 heterocycles. The molecule has 0 aromatic carbocycles. The van der Waals surface area contributed by atoms with Crippen molar-refractivity contribution in [2.75, 3.05) is 18.5 Å². The Hall–Kier alpha value is 1.10. The summed E-state index contributed by atoms with van der Waals surface area (Å²) in [4.78, 5) is 29.7. The Morgan fingerprint density at radius 1 is 0.591 bits per heavy atom. The van der Waals surface area contributed by atoms with Gasteiger partial charge < -0.3 is 28.4 Å². The molecule has 0 bridgehead atoms. The summed E-state index contributed by atoms with van der Waals surface area (Å²) in [6.07, 6.45) is 1.06. The van der Waals surface area contributed by atoms with Gasteiger partial charge in [0.25, 0.3) is 0 Å². The first kappa shape index (κ1) is 30.9. The summed E-state index contributed by atoms with van der Waals surface area (Å²) in [5, 5.41) is 0. The first-order chi connectivity index (χ1) is 9.38. The minimum Gasteiger partial charge on any atom is -0.802 e. The fraction of sp³-hybridized carbons (Fsp3) is 1.00. The van der Waals surface area contributed by atoms with Crippen LogP contribution in [0.3, 0.4) is 0 Å². The van der Waals surface area contributed by atoms with Crippen LogP contribution in [-0.4, -0.2) is 35.8 Å². The average molecular weight is 390 g/mol. The Balaban J connectivity index is -0.000000108. The molecule has 0 fully saturated rings. The van der Waals surface area contributed by atoms with E-state index in [1.807, 2.05) is 41.5 Å². The van der Waals surface area contributed by atoms with E-state index in [1.165, 1.54) is 0 Å². The van der Waals surface area contributed by atoms with Gasteiger partial charge in [-0.3, -0.25) is 0 Å². The molecule has 0 radical (unpaired) electrons. The van der Waals surface area contributed by atoms with Crippen LogP contribution < -0.4 is 14.7 Å². The quantitative estimate of drug-likeness (QED) is 0.494. The normalized spacial score (nSPS) is 14.2. The smallest absolute Gasteiger partial charge is 0.802 e. The van der Waals surface area contributed by atoms with Gasteiger partial charge in [-0.25, -0.2) is 0 Å². The van der Waals surface area contributed by atoms with Gasteiger partial charge in [0.05, 0.1) is 0 Å². The van der Waals surface area contributed by atoms with Crippen molar-refractivity contribution in [1.82, 2.24) is 0 Å². The van der Waals surface area contributed by atoms with Crippen LogP contribution >= 0.6 is 24.1 Å². The minimum absolute atomic E-state index is 0. The van der Waals surface area contributed by atoms with Crippen molar-refractivity contribution in [1.29, 1.82) is 0 Å². The van der Waals surface area contributed by atoms with Crippen molar-refractivity contribution in [2.24, 2.45) is 17.8 Å². The Morgan fingerprint density at radius 2 is 0.727 bits per heavy atom. The second-order valence-electron chi connectivity index (χ2n) is 5.91. The van der Waals surface area contributed by atoms with E-state index in [0.717, 1.165) is 0 Å². The van der Waals surface area contributed by atoms with Gasteiger partial charge in [0.15, 0.2) is 0 Å². The number of hydrogen-bond acceptors (Lipinski definition) is 6. The Kier molecular flexibility index (Phi) is 28.3. The fourth-order valence-corrected chi connectivity index (χ4v) is 3.00. The molecular weight excluding hydrogens is 360 g/mol. The van der Waals surface area contributed by atoms with E-state index in [4.69, 9.17) is 0 Å². The van der Waals surface area contributed by atoms with Crippen molar-refractivity contribution in [2.45, 2.75) is 41.5 Å². The molecule has 0 saturated heterocycles. The van der Waals surface area contributed by atoms with E-state index in [0.29, 0.717) is 36.2 Å². The molecule has 6 nitrogen and oxygen atoms in total. The monoisotopic (exact) mass is 390 g/mol. The third-order valence-electron chi connectivity index (χ3n) is 1.72. The fourth-order valence-electron chi connectivity index (χ4n) is 1.00. The summed E-state index contributed by atoms with van der Waals surface area (Å²) in [5.41, 5.74) is 0. The zero-order valence-corrected chi connectivity index (χ0v) is 18.5. The molecule has 0 spiro atoms. The van der Waals surface area contributed by atoms with E-state index in [9.17, 15) is 28.4 Å². The second-order valence-corrected chi connectivity index (χ2v) is 9.37. The molecule has 0 aliphatic carbocycles. The van der Waals surface area contributed by atoms with E-state index in [1.54, 1.807) is 0 Å². The largest absolute Gasteiger partial charge is 3.00 e. The summed E-state index contributed by atoms with van der Waals surface area (Å²) in [6, 6.07) is 0. The zero-order chi connectivity index (χ0) is 17.6. The number of rotatable bonds is 6. The van der Waals surface area contributed by atoms with Crippen LogP contribution in [0.25, 0.3) is 0 Å². The zero-order valence-electron chi connectivity index (χ0n) is 14.4. The third kappa shape index (κ3) is 49.7. The van der Waals surface area contributed by atoms with Crippen molar-refractivity contribution >= 4 is 41.4 Å². The molecule has 0 aromatic rings. The van der Waals surface area contributed by atoms with Gasteiger partial charge in [-0.2, -0.15) is 0 Å². The SMILES string of the molecule is CC(C)C[PH](=O)[O-].CC(C)C[PH](=O)[O-].CC(C)C[PH](=O)[O-].[Al+3]. The predicted molar refractivity (Wildman–Crippen MR) is 91.9 cm³/mol. The molecule has 3 atom stereocenters. The standard InChI is InChI=1S/3C4H11O2P.Al/c3*1-4(2)3-7(5)6;/h3*4,7H,3H2,1-2H3,(H,5,6);/q;;;+3/p-3. The third-order valence-corrected chi connectivity index (χ3v) is 5.17. The van der Waals surface area contributed by atoms with E-state index in [-0.39, 0.29) is 17.4 Å². The molecule has 0 aliphatic heterocycles. The van der Waals surface area contributed by atoms with Crippen LogP contribution in [0.5, 0.6) is 0 Å². The average Bonchev–Trinajstić information content (AvgIpc) is 2.10. The first-order valence-corrected chi connectivity index (χ1v) is 11.5. The van der Waals surface area contributed by atoms with Crippen LogP contribution in [0.1, 0.15) is 41.5 Å². The molecule has 22 heavy (non-hydrogen) atoms. The van der Waals surface area contributed by atoms with Crippen molar-refractivity contribution in [3.05, 3.63) is 0 Å². The summed E-state index contributed by atoms with van der Waals surface area (Å²) < 4.78 is 29.7. The van der Waals surface area contributed by atoms with Crippen molar-refractivity contribution < 1.29 is 28.4 Å².